The molecule has 0 aromatic heterocycles. The van der Waals surface area contributed by atoms with Crippen LogP contribution in [-0.4, -0.2) is 82.3 Å². The number of rotatable bonds is 78. The molecule has 9 nitrogen and oxygen atoms in total. The van der Waals surface area contributed by atoms with Gasteiger partial charge in [-0.15, -0.1) is 0 Å². The van der Waals surface area contributed by atoms with Gasteiger partial charge in [-0.3, -0.25) is 9.59 Å². The topological polar surface area (TPSA) is 111 Å². The number of hydrogen-bond donors (Lipinski definition) is 0. The zero-order valence-electron chi connectivity index (χ0n) is 68.3. The predicted molar refractivity (Wildman–Crippen MR) is 453 cm³/mol. The van der Waals surface area contributed by atoms with Gasteiger partial charge in [0.25, 0.3) is 0 Å². The van der Waals surface area contributed by atoms with Crippen molar-refractivity contribution in [3.05, 3.63) is 182 Å². The number of aliphatic carboxylic acids is 1. The van der Waals surface area contributed by atoms with Crippen LogP contribution in [0.1, 0.15) is 348 Å². The monoisotopic (exact) mass is 1450 g/mol. The van der Waals surface area contributed by atoms with Crippen molar-refractivity contribution in [3.8, 4) is 0 Å². The fraction of sp³-hybridized carbons (Fsp3) is 0.656. The summed E-state index contributed by atoms with van der Waals surface area (Å²) in [6.07, 6.45) is 125. The van der Waals surface area contributed by atoms with Crippen molar-refractivity contribution < 1.29 is 42.9 Å². The van der Waals surface area contributed by atoms with Crippen LogP contribution in [0.15, 0.2) is 182 Å². The Balaban J connectivity index is 4.03. The van der Waals surface area contributed by atoms with E-state index < -0.39 is 24.3 Å². The van der Waals surface area contributed by atoms with Gasteiger partial charge in [-0.2, -0.15) is 0 Å². The maximum absolute atomic E-state index is 13.0. The maximum Gasteiger partial charge on any atom is 0.306 e. The molecule has 9 heteroatoms. The fourth-order valence-corrected chi connectivity index (χ4v) is 11.7. The minimum absolute atomic E-state index is 0.141. The molecule has 0 rings (SSSR count). The number of allylic oxidation sites excluding steroid dienone is 30. The Labute approximate surface area is 647 Å². The molecule has 0 bridgehead atoms. The van der Waals surface area contributed by atoms with Gasteiger partial charge >= 0.3 is 11.9 Å². The first kappa shape index (κ1) is 99.4. The van der Waals surface area contributed by atoms with Crippen molar-refractivity contribution in [1.29, 1.82) is 0 Å². The summed E-state index contributed by atoms with van der Waals surface area (Å²) in [6.45, 7) is 4.53. The van der Waals surface area contributed by atoms with Gasteiger partial charge in [-0.05, 0) is 135 Å². The second kappa shape index (κ2) is 84.0. The molecule has 0 saturated carbocycles. The highest BCUT2D eigenvalue weighted by Crippen LogP contribution is 2.18. The number of quaternary nitrogens is 1. The number of hydrogen-bond acceptors (Lipinski definition) is 8. The Kier molecular flexibility index (Phi) is 79.5. The van der Waals surface area contributed by atoms with Crippen LogP contribution in [0.3, 0.4) is 0 Å². The van der Waals surface area contributed by atoms with Crippen molar-refractivity contribution in [1.82, 2.24) is 0 Å². The van der Waals surface area contributed by atoms with Crippen LogP contribution in [0.2, 0.25) is 0 Å². The average molecular weight is 1460 g/mol. The summed E-state index contributed by atoms with van der Waals surface area (Å²) in [4.78, 5) is 37.7. The molecule has 2 atom stereocenters. The average Bonchev–Trinajstić information content (AvgIpc) is 1.97. The van der Waals surface area contributed by atoms with E-state index in [1.807, 2.05) is 21.1 Å². The van der Waals surface area contributed by atoms with Crippen molar-refractivity contribution in [2.24, 2.45) is 0 Å². The lowest BCUT2D eigenvalue weighted by Gasteiger charge is -2.26. The molecule has 0 aromatic rings. The molecule has 0 aromatic carbocycles. The number of ether oxygens (including phenoxy) is 4. The van der Waals surface area contributed by atoms with Gasteiger partial charge in [-0.1, -0.05) is 382 Å². The van der Waals surface area contributed by atoms with Crippen molar-refractivity contribution in [2.45, 2.75) is 360 Å². The number of unbranched alkanes of at least 4 members (excludes halogenated alkanes) is 33. The first-order valence-corrected chi connectivity index (χ1v) is 42.9. The van der Waals surface area contributed by atoms with Crippen LogP contribution < -0.4 is 5.11 Å². The Morgan fingerprint density at radius 2 is 0.514 bits per heavy atom. The minimum Gasteiger partial charge on any atom is -0.545 e. The highest BCUT2D eigenvalue weighted by Gasteiger charge is 2.22. The summed E-state index contributed by atoms with van der Waals surface area (Å²) in [5.74, 6) is -2.28. The van der Waals surface area contributed by atoms with E-state index in [0.717, 1.165) is 141 Å². The highest BCUT2D eigenvalue weighted by atomic mass is 16.7. The fourth-order valence-electron chi connectivity index (χ4n) is 11.7. The third-order valence-corrected chi connectivity index (χ3v) is 18.1. The predicted octanol–water partition coefficient (Wildman–Crippen LogP) is 26.9. The van der Waals surface area contributed by atoms with E-state index in [0.29, 0.717) is 17.4 Å². The normalized spacial score (nSPS) is 13.6. The van der Waals surface area contributed by atoms with Gasteiger partial charge in [0.1, 0.15) is 13.2 Å². The highest BCUT2D eigenvalue weighted by molar-refractivity contribution is 5.70. The maximum atomic E-state index is 13.0. The SMILES string of the molecule is CC/C=C\C/C=C\C/C=C\C/C=C\C/C=C\C/C=C\C/C=C\C/C=C\C/C=C\CCCCCCCCCCCCCC(=O)OC(COC(=O)CCCCCCCCCCCCCCCCCCCCCCCC/C=C\C/C=C\C/C=C\C/C=C\C/C=C\C/C=C\CC)COC(OCC[N+](C)(C)C)C(=O)[O-]. The molecular weight excluding hydrogens is 1300 g/mol. The van der Waals surface area contributed by atoms with E-state index in [-0.39, 0.29) is 38.6 Å². The molecular formula is C96H159NO8. The number of carbonyl (C=O) groups is 3. The number of carboxylic acid groups (broad SMARTS) is 1. The van der Waals surface area contributed by atoms with Crippen LogP contribution in [-0.2, 0) is 33.3 Å². The van der Waals surface area contributed by atoms with E-state index in [1.165, 1.54) is 173 Å². The zero-order valence-corrected chi connectivity index (χ0v) is 68.3. The molecule has 0 fully saturated rings. The summed E-state index contributed by atoms with van der Waals surface area (Å²) in [5, 5.41) is 11.9. The summed E-state index contributed by atoms with van der Waals surface area (Å²) in [5.41, 5.74) is 0. The lowest BCUT2D eigenvalue weighted by molar-refractivity contribution is -0.870. The Bertz CT molecular complexity index is 2400. The zero-order chi connectivity index (χ0) is 76.0. The molecule has 0 amide bonds. The lowest BCUT2D eigenvalue weighted by atomic mass is 10.0. The van der Waals surface area contributed by atoms with Gasteiger partial charge in [-0.25, -0.2) is 0 Å². The molecule has 0 aliphatic rings. The minimum atomic E-state index is -1.63. The quantitative estimate of drug-likeness (QED) is 0.0195. The molecule has 0 N–H and O–H groups in total. The molecule has 0 aliphatic carbocycles. The molecule has 0 radical (unpaired) electrons. The number of nitrogens with zero attached hydrogens (tertiary/aromatic N) is 1. The third-order valence-electron chi connectivity index (χ3n) is 18.1. The van der Waals surface area contributed by atoms with Crippen LogP contribution in [0, 0.1) is 0 Å². The largest absolute Gasteiger partial charge is 0.545 e. The van der Waals surface area contributed by atoms with E-state index in [9.17, 15) is 19.5 Å². The molecule has 0 saturated heterocycles. The number of esters is 2. The van der Waals surface area contributed by atoms with Gasteiger partial charge in [0.2, 0.25) is 0 Å². The van der Waals surface area contributed by atoms with Crippen LogP contribution in [0.5, 0.6) is 0 Å². The van der Waals surface area contributed by atoms with E-state index in [2.05, 4.69) is 196 Å². The van der Waals surface area contributed by atoms with Gasteiger partial charge < -0.3 is 33.3 Å². The van der Waals surface area contributed by atoms with Crippen molar-refractivity contribution in [2.75, 3.05) is 47.5 Å². The molecule has 2 unspecified atom stereocenters. The molecule has 0 aliphatic heterocycles. The standard InChI is InChI=1S/C96H159NO8/c1-6-8-10-12-14-16-18-20-22-24-26-28-30-32-34-36-38-40-42-44-46-47-49-50-52-54-56-58-60-62-64-66-68-70-72-74-76-78-80-82-84-86-93(98)103-90-92(91-104-96(95(100)101)102-89-88-97(3,4)5)105-94(99)87-85-83-81-79-77-75-73-71-69-67-65-63-61-59-57-55-53-51-48-45-43-41-39-37-35-33-31-29-27-25-23-21-19-17-15-13-11-9-7-2/h8-11,14-17,20-23,26-29,32-35,38-41,45,48,53,55,59,61,92,96H,6-7,12-13,18-19,24-25,30-31,36-37,42-44,46-47,49-52,54,56-58,60,62-91H2,1-5H3/b10-8-,11-9-,16-14-,17-15-,22-20-,23-21-,28-26-,29-27-,34-32-,35-33-,40-38-,41-39-,48-45-,55-53-,61-59-. The second-order valence-electron chi connectivity index (χ2n) is 29.4. The van der Waals surface area contributed by atoms with Crippen LogP contribution >= 0.6 is 0 Å². The molecule has 105 heavy (non-hydrogen) atoms. The number of carbonyl (C=O) groups excluding carboxylic acids is 3. The number of likely N-dealkylation sites (N-methyl/N-ethyl adjacent to an activating group) is 1. The Morgan fingerprint density at radius 3 is 0.762 bits per heavy atom. The summed E-state index contributed by atoms with van der Waals surface area (Å²) >= 11 is 0. The molecule has 0 spiro atoms. The van der Waals surface area contributed by atoms with E-state index >= 15 is 0 Å². The third kappa shape index (κ3) is 85.5. The second-order valence-corrected chi connectivity index (χ2v) is 29.4. The molecule has 596 valence electrons. The van der Waals surface area contributed by atoms with Gasteiger partial charge in [0, 0.05) is 12.8 Å². The van der Waals surface area contributed by atoms with E-state index in [4.69, 9.17) is 18.9 Å². The van der Waals surface area contributed by atoms with E-state index in [1.54, 1.807) is 0 Å². The van der Waals surface area contributed by atoms with Crippen LogP contribution in [0.4, 0.5) is 0 Å². The summed E-state index contributed by atoms with van der Waals surface area (Å²) in [7, 11) is 5.94. The Morgan fingerprint density at radius 1 is 0.286 bits per heavy atom. The first-order valence-electron chi connectivity index (χ1n) is 42.9. The van der Waals surface area contributed by atoms with Gasteiger partial charge in [0.15, 0.2) is 12.4 Å². The summed E-state index contributed by atoms with van der Waals surface area (Å²) < 4.78 is 22.9. The molecule has 0 heterocycles. The summed E-state index contributed by atoms with van der Waals surface area (Å²) in [6, 6.07) is 0. The van der Waals surface area contributed by atoms with Crippen LogP contribution in [0.25, 0.3) is 0 Å². The Hall–Kier alpha value is -5.61. The first-order chi connectivity index (χ1) is 51.6. The number of carboxylic acids is 1. The van der Waals surface area contributed by atoms with Gasteiger partial charge in [0.05, 0.1) is 40.3 Å². The van der Waals surface area contributed by atoms with Crippen molar-refractivity contribution in [3.63, 3.8) is 0 Å². The van der Waals surface area contributed by atoms with Crippen molar-refractivity contribution >= 4 is 17.9 Å². The lowest BCUT2D eigenvalue weighted by Crippen LogP contribution is -2.44. The smallest absolute Gasteiger partial charge is 0.306 e.